The Labute approximate surface area is 168 Å². The summed E-state index contributed by atoms with van der Waals surface area (Å²) < 4.78 is 5.06. The summed E-state index contributed by atoms with van der Waals surface area (Å²) in [6.07, 6.45) is 0. The van der Waals surface area contributed by atoms with Crippen LogP contribution in [0, 0.1) is 0 Å². The summed E-state index contributed by atoms with van der Waals surface area (Å²) in [7, 11) is 0. The Hall–Kier alpha value is -3.93. The van der Waals surface area contributed by atoms with E-state index in [-0.39, 0.29) is 12.3 Å². The Morgan fingerprint density at radius 3 is 1.93 bits per heavy atom. The largest absolute Gasteiger partial charge is 0.461 e. The van der Waals surface area contributed by atoms with Gasteiger partial charge in [0.15, 0.2) is 5.69 Å². The number of rotatable bonds is 6. The Bertz CT molecular complexity index is 1040. The minimum Gasteiger partial charge on any atom is -0.461 e. The average Bonchev–Trinajstić information content (AvgIpc) is 3.26. The molecule has 0 radical (unpaired) electrons. The average molecular weight is 384 g/mol. The number of hydrogen-bond donors (Lipinski definition) is 1. The first kappa shape index (κ1) is 18.4. The number of esters is 1. The maximum atomic E-state index is 12.1. The zero-order valence-corrected chi connectivity index (χ0v) is 15.9. The van der Waals surface area contributed by atoms with Crippen molar-refractivity contribution in [3.05, 3.63) is 90.6 Å². The van der Waals surface area contributed by atoms with Crippen LogP contribution in [0.25, 0.3) is 11.3 Å². The van der Waals surface area contributed by atoms with Crippen LogP contribution in [0.2, 0.25) is 0 Å². The number of hydrogen-bond acceptors (Lipinski definition) is 5. The zero-order valence-electron chi connectivity index (χ0n) is 15.9. The smallest absolute Gasteiger partial charge is 0.361 e. The summed E-state index contributed by atoms with van der Waals surface area (Å²) in [5, 5.41) is 10.6. The van der Waals surface area contributed by atoms with Crippen LogP contribution in [0.4, 0.5) is 17.1 Å². The van der Waals surface area contributed by atoms with E-state index < -0.39 is 5.97 Å². The van der Waals surface area contributed by atoms with Crippen molar-refractivity contribution in [2.75, 3.05) is 11.5 Å². The summed E-state index contributed by atoms with van der Waals surface area (Å²) >= 11 is 0. The number of nitrogens with one attached hydrogen (secondary N) is 1. The number of nitrogens with zero attached hydrogens (tertiary/aromatic N) is 3. The predicted molar refractivity (Wildman–Crippen MR) is 112 cm³/mol. The molecule has 0 saturated heterocycles. The monoisotopic (exact) mass is 384 g/mol. The molecule has 144 valence electrons. The van der Waals surface area contributed by atoms with E-state index in [1.54, 1.807) is 6.92 Å². The van der Waals surface area contributed by atoms with Gasteiger partial charge in [-0.15, -0.1) is 5.10 Å². The Kier molecular flexibility index (Phi) is 5.33. The van der Waals surface area contributed by atoms with Gasteiger partial charge < -0.3 is 9.64 Å². The van der Waals surface area contributed by atoms with Crippen molar-refractivity contribution in [2.24, 2.45) is 0 Å². The molecule has 29 heavy (non-hydrogen) atoms. The highest BCUT2D eigenvalue weighted by Crippen LogP contribution is 2.35. The van der Waals surface area contributed by atoms with Crippen LogP contribution in [-0.4, -0.2) is 28.0 Å². The first-order valence-corrected chi connectivity index (χ1v) is 9.36. The molecule has 6 nitrogen and oxygen atoms in total. The summed E-state index contributed by atoms with van der Waals surface area (Å²) in [6.45, 7) is 2.04. The molecule has 6 heteroatoms. The highest BCUT2D eigenvalue weighted by atomic mass is 16.5. The second-order valence-corrected chi connectivity index (χ2v) is 6.29. The molecule has 0 unspecified atom stereocenters. The summed E-state index contributed by atoms with van der Waals surface area (Å²) in [5.74, 6) is -0.490. The van der Waals surface area contributed by atoms with Crippen molar-refractivity contribution in [3.63, 3.8) is 0 Å². The van der Waals surface area contributed by atoms with Crippen molar-refractivity contribution in [2.45, 2.75) is 6.92 Å². The third-order valence-corrected chi connectivity index (χ3v) is 4.44. The highest BCUT2D eigenvalue weighted by molar-refractivity contribution is 5.94. The third kappa shape index (κ3) is 3.87. The molecule has 0 bridgehead atoms. The number of ether oxygens (including phenoxy) is 1. The molecule has 4 aromatic rings. The van der Waals surface area contributed by atoms with E-state index in [0.717, 1.165) is 22.6 Å². The van der Waals surface area contributed by atoms with Crippen LogP contribution in [-0.2, 0) is 4.74 Å². The number of anilines is 3. The van der Waals surface area contributed by atoms with Crippen molar-refractivity contribution < 1.29 is 9.53 Å². The lowest BCUT2D eigenvalue weighted by Crippen LogP contribution is -2.09. The topological polar surface area (TPSA) is 71.1 Å². The van der Waals surface area contributed by atoms with Crippen molar-refractivity contribution >= 4 is 23.0 Å². The molecule has 0 aliphatic heterocycles. The van der Waals surface area contributed by atoms with Gasteiger partial charge in [0, 0.05) is 22.6 Å². The Balaban J connectivity index is 1.71. The molecule has 4 rings (SSSR count). The maximum absolute atomic E-state index is 12.1. The Morgan fingerprint density at radius 2 is 1.38 bits per heavy atom. The number of carbonyl (C=O) groups is 1. The van der Waals surface area contributed by atoms with Crippen LogP contribution in [0.15, 0.2) is 84.9 Å². The van der Waals surface area contributed by atoms with Gasteiger partial charge in [0.25, 0.3) is 0 Å². The van der Waals surface area contributed by atoms with Gasteiger partial charge in [-0.25, -0.2) is 4.79 Å². The number of aromatic nitrogens is 3. The summed E-state index contributed by atoms with van der Waals surface area (Å²) in [6, 6.07) is 28.2. The molecule has 0 saturated carbocycles. The molecule has 1 heterocycles. The van der Waals surface area contributed by atoms with E-state index in [4.69, 9.17) is 4.74 Å². The second kappa shape index (κ2) is 8.39. The van der Waals surface area contributed by atoms with E-state index in [1.807, 2.05) is 60.7 Å². The fourth-order valence-corrected chi connectivity index (χ4v) is 3.14. The highest BCUT2D eigenvalue weighted by Gasteiger charge is 2.19. The lowest BCUT2D eigenvalue weighted by Gasteiger charge is -2.25. The van der Waals surface area contributed by atoms with Gasteiger partial charge in [0.05, 0.1) is 6.61 Å². The van der Waals surface area contributed by atoms with Crippen molar-refractivity contribution in [1.82, 2.24) is 15.4 Å². The van der Waals surface area contributed by atoms with Gasteiger partial charge in [-0.1, -0.05) is 48.5 Å². The third-order valence-electron chi connectivity index (χ3n) is 4.44. The van der Waals surface area contributed by atoms with Crippen molar-refractivity contribution in [1.29, 1.82) is 0 Å². The lowest BCUT2D eigenvalue weighted by atomic mass is 10.1. The van der Waals surface area contributed by atoms with Crippen LogP contribution >= 0.6 is 0 Å². The molecule has 0 aliphatic carbocycles. The summed E-state index contributed by atoms with van der Waals surface area (Å²) in [5.41, 5.74) is 4.54. The molecule has 1 N–H and O–H groups in total. The quantitative estimate of drug-likeness (QED) is 0.467. The standard InChI is InChI=1S/C23H20N4O2/c1-2-29-23(28)22-21(24-26-25-22)17-13-15-20(16-14-17)27(18-9-5-3-6-10-18)19-11-7-4-8-12-19/h3-16H,2H2,1H3,(H,24,25,26). The fraction of sp³-hybridized carbons (Fsp3) is 0.0870. The maximum Gasteiger partial charge on any atom is 0.361 e. The first-order chi connectivity index (χ1) is 14.3. The number of aromatic amines is 1. The van der Waals surface area contributed by atoms with E-state index >= 15 is 0 Å². The van der Waals surface area contributed by atoms with E-state index in [2.05, 4.69) is 44.6 Å². The van der Waals surface area contributed by atoms with Crippen LogP contribution in [0.3, 0.4) is 0 Å². The normalized spacial score (nSPS) is 10.5. The predicted octanol–water partition coefficient (Wildman–Crippen LogP) is 5.12. The summed E-state index contributed by atoms with van der Waals surface area (Å²) in [4.78, 5) is 14.3. The molecule has 3 aromatic carbocycles. The molecular weight excluding hydrogens is 364 g/mol. The number of benzene rings is 3. The van der Waals surface area contributed by atoms with Gasteiger partial charge in [-0.05, 0) is 43.3 Å². The minimum atomic E-state index is -0.490. The molecule has 0 aliphatic rings. The van der Waals surface area contributed by atoms with Gasteiger partial charge in [0.1, 0.15) is 5.69 Å². The van der Waals surface area contributed by atoms with Gasteiger partial charge in [0.2, 0.25) is 0 Å². The van der Waals surface area contributed by atoms with Gasteiger partial charge in [-0.2, -0.15) is 10.3 Å². The molecule has 1 aromatic heterocycles. The minimum absolute atomic E-state index is 0.183. The molecular formula is C23H20N4O2. The SMILES string of the molecule is CCOC(=O)c1n[nH]nc1-c1ccc(N(c2ccccc2)c2ccccc2)cc1. The van der Waals surface area contributed by atoms with Crippen LogP contribution in [0.1, 0.15) is 17.4 Å². The van der Waals surface area contributed by atoms with Gasteiger partial charge >= 0.3 is 5.97 Å². The van der Waals surface area contributed by atoms with Crippen LogP contribution < -0.4 is 4.90 Å². The van der Waals surface area contributed by atoms with E-state index in [0.29, 0.717) is 5.69 Å². The van der Waals surface area contributed by atoms with E-state index in [9.17, 15) is 4.79 Å². The first-order valence-electron chi connectivity index (χ1n) is 9.36. The second-order valence-electron chi connectivity index (χ2n) is 6.29. The zero-order chi connectivity index (χ0) is 20.1. The van der Waals surface area contributed by atoms with E-state index in [1.165, 1.54) is 0 Å². The van der Waals surface area contributed by atoms with Crippen molar-refractivity contribution in [3.8, 4) is 11.3 Å². The fourth-order valence-electron chi connectivity index (χ4n) is 3.14. The number of carbonyl (C=O) groups excluding carboxylic acids is 1. The number of H-pyrrole nitrogens is 1. The van der Waals surface area contributed by atoms with Gasteiger partial charge in [-0.3, -0.25) is 0 Å². The molecule has 0 amide bonds. The molecule has 0 fully saturated rings. The Morgan fingerprint density at radius 1 is 0.828 bits per heavy atom. The lowest BCUT2D eigenvalue weighted by molar-refractivity contribution is 0.0520. The van der Waals surface area contributed by atoms with Crippen LogP contribution in [0.5, 0.6) is 0 Å². The molecule has 0 atom stereocenters. The number of para-hydroxylation sites is 2. The molecule has 0 spiro atoms.